The molecule has 3 aromatic rings. The molecule has 0 amide bonds. The summed E-state index contributed by atoms with van der Waals surface area (Å²) in [4.78, 5) is 0. The van der Waals surface area contributed by atoms with Crippen molar-refractivity contribution in [1.29, 1.82) is 0 Å². The maximum atomic E-state index is 9.65. The summed E-state index contributed by atoms with van der Waals surface area (Å²) >= 11 is 1.95. The van der Waals surface area contributed by atoms with Gasteiger partial charge >= 0.3 is 0 Å². The number of methoxy groups -OCH3 is 1. The Morgan fingerprint density at radius 2 is 1.25 bits per heavy atom. The van der Waals surface area contributed by atoms with Gasteiger partial charge in [-0.2, -0.15) is 0 Å². The molecule has 0 heterocycles. The van der Waals surface area contributed by atoms with Crippen molar-refractivity contribution >= 4 is 23.0 Å². The second-order valence-electron chi connectivity index (χ2n) is 5.40. The molecule has 0 aromatic heterocycles. The Balaban J connectivity index is 2.24. The Bertz CT molecular complexity index is 785. The molecular formula is C20H17IO3. The van der Waals surface area contributed by atoms with E-state index in [0.29, 0.717) is 0 Å². The minimum atomic E-state index is -0.776. The topological polar surface area (TPSA) is 38.7 Å². The van der Waals surface area contributed by atoms with Gasteiger partial charge in [0.1, 0.15) is 34.5 Å². The number of rotatable bonds is 5. The lowest BCUT2D eigenvalue weighted by molar-refractivity contribution is 0.231. The second kappa shape index (κ2) is 7.23. The lowest BCUT2D eigenvalue weighted by atomic mass is 9.80. The summed E-state index contributed by atoms with van der Waals surface area (Å²) in [5.41, 5.74) is 2.15. The molecule has 0 aliphatic rings. The van der Waals surface area contributed by atoms with Crippen molar-refractivity contribution in [3.05, 3.63) is 95.6 Å². The first-order valence-electron chi connectivity index (χ1n) is 7.50. The maximum Gasteiger partial charge on any atom is 0.156 e. The molecule has 24 heavy (non-hydrogen) atoms. The first-order chi connectivity index (χ1) is 11.7. The summed E-state index contributed by atoms with van der Waals surface area (Å²) in [5, 5.41) is 9.65. The standard InChI is InChI=1S/C20H17IO3/c1-23-19-13-9-17(10-14-19)20(24-21,15-5-3-2-4-6-15)16-7-11-18(22)12-8-16/h2-14,22H,1H3. The van der Waals surface area contributed by atoms with E-state index < -0.39 is 5.60 Å². The average Bonchev–Trinajstić information content (AvgIpc) is 2.65. The van der Waals surface area contributed by atoms with E-state index in [9.17, 15) is 5.11 Å². The minimum absolute atomic E-state index is 0.226. The highest BCUT2D eigenvalue weighted by Gasteiger charge is 2.37. The van der Waals surface area contributed by atoms with Crippen LogP contribution in [0.3, 0.4) is 0 Å². The van der Waals surface area contributed by atoms with Crippen LogP contribution in [0.25, 0.3) is 0 Å². The van der Waals surface area contributed by atoms with Crippen LogP contribution in [0.1, 0.15) is 16.7 Å². The van der Waals surface area contributed by atoms with Crippen molar-refractivity contribution < 1.29 is 12.9 Å². The van der Waals surface area contributed by atoms with Crippen LogP contribution in [0.15, 0.2) is 78.9 Å². The average molecular weight is 432 g/mol. The first kappa shape index (κ1) is 16.8. The molecule has 0 spiro atoms. The van der Waals surface area contributed by atoms with E-state index in [1.165, 1.54) is 0 Å². The molecular weight excluding hydrogens is 415 g/mol. The Hall–Kier alpha value is -2.05. The number of benzene rings is 3. The van der Waals surface area contributed by atoms with Crippen LogP contribution in [-0.4, -0.2) is 12.2 Å². The summed E-state index contributed by atoms with van der Waals surface area (Å²) in [6.07, 6.45) is 0. The molecule has 3 aromatic carbocycles. The zero-order valence-electron chi connectivity index (χ0n) is 13.1. The fourth-order valence-corrected chi connectivity index (χ4v) is 3.59. The first-order valence-corrected chi connectivity index (χ1v) is 8.38. The minimum Gasteiger partial charge on any atom is -0.508 e. The van der Waals surface area contributed by atoms with E-state index >= 15 is 0 Å². The Labute approximate surface area is 155 Å². The molecule has 0 saturated carbocycles. The van der Waals surface area contributed by atoms with Gasteiger partial charge in [0.2, 0.25) is 0 Å². The molecule has 0 aliphatic heterocycles. The zero-order valence-corrected chi connectivity index (χ0v) is 15.3. The van der Waals surface area contributed by atoms with E-state index in [-0.39, 0.29) is 5.75 Å². The largest absolute Gasteiger partial charge is 0.508 e. The molecule has 0 fully saturated rings. The smallest absolute Gasteiger partial charge is 0.156 e. The maximum absolute atomic E-state index is 9.65. The van der Waals surface area contributed by atoms with E-state index in [2.05, 4.69) is 0 Å². The van der Waals surface area contributed by atoms with Gasteiger partial charge in [-0.1, -0.05) is 54.6 Å². The van der Waals surface area contributed by atoms with Crippen molar-refractivity contribution in [2.45, 2.75) is 5.60 Å². The number of hydrogen-bond donors (Lipinski definition) is 1. The molecule has 3 nitrogen and oxygen atoms in total. The van der Waals surface area contributed by atoms with Gasteiger partial charge in [-0.05, 0) is 41.0 Å². The lowest BCUT2D eigenvalue weighted by Crippen LogP contribution is -2.29. The van der Waals surface area contributed by atoms with Crippen molar-refractivity contribution in [3.63, 3.8) is 0 Å². The number of aromatic hydroxyl groups is 1. The fraction of sp³-hybridized carbons (Fsp3) is 0.100. The third-order valence-electron chi connectivity index (χ3n) is 4.07. The summed E-state index contributed by atoms with van der Waals surface area (Å²) in [6, 6.07) is 25.0. The summed E-state index contributed by atoms with van der Waals surface area (Å²) in [5.74, 6) is 1.02. The number of hydrogen-bond acceptors (Lipinski definition) is 3. The Morgan fingerprint density at radius 1 is 0.750 bits per heavy atom. The quantitative estimate of drug-likeness (QED) is 0.453. The zero-order chi connectivity index (χ0) is 17.0. The molecule has 1 unspecified atom stereocenters. The van der Waals surface area contributed by atoms with Crippen LogP contribution >= 0.6 is 23.0 Å². The highest BCUT2D eigenvalue weighted by atomic mass is 127. The normalized spacial score (nSPS) is 13.2. The lowest BCUT2D eigenvalue weighted by Gasteiger charge is -2.33. The number of phenolic OH excluding ortho intramolecular Hbond substituents is 1. The third kappa shape index (κ3) is 2.99. The van der Waals surface area contributed by atoms with Crippen LogP contribution in [0, 0.1) is 0 Å². The van der Waals surface area contributed by atoms with E-state index in [0.717, 1.165) is 22.4 Å². The van der Waals surface area contributed by atoms with Crippen LogP contribution in [0.5, 0.6) is 11.5 Å². The van der Waals surface area contributed by atoms with E-state index in [4.69, 9.17) is 7.80 Å². The summed E-state index contributed by atoms with van der Waals surface area (Å²) < 4.78 is 11.3. The molecule has 4 heteroatoms. The van der Waals surface area contributed by atoms with Gasteiger partial charge in [0.25, 0.3) is 0 Å². The van der Waals surface area contributed by atoms with Crippen LogP contribution in [0.4, 0.5) is 0 Å². The highest BCUT2D eigenvalue weighted by Crippen LogP contribution is 2.42. The van der Waals surface area contributed by atoms with E-state index in [1.54, 1.807) is 19.2 Å². The van der Waals surface area contributed by atoms with Crippen LogP contribution in [0.2, 0.25) is 0 Å². The number of phenols is 1. The number of ether oxygens (including phenoxy) is 1. The Kier molecular flexibility index (Phi) is 5.06. The summed E-state index contributed by atoms with van der Waals surface area (Å²) in [7, 11) is 1.65. The molecule has 0 bridgehead atoms. The van der Waals surface area contributed by atoms with Gasteiger partial charge in [0, 0.05) is 0 Å². The van der Waals surface area contributed by atoms with Crippen molar-refractivity contribution in [2.24, 2.45) is 0 Å². The molecule has 1 N–H and O–H groups in total. The molecule has 0 aliphatic carbocycles. The Morgan fingerprint density at radius 3 is 1.75 bits per heavy atom. The predicted octanol–water partition coefficient (Wildman–Crippen LogP) is 5.06. The molecule has 0 saturated heterocycles. The van der Waals surface area contributed by atoms with Gasteiger partial charge in [0.15, 0.2) is 5.60 Å². The van der Waals surface area contributed by atoms with Crippen molar-refractivity contribution in [1.82, 2.24) is 0 Å². The van der Waals surface area contributed by atoms with Crippen molar-refractivity contribution in [3.8, 4) is 11.5 Å². The van der Waals surface area contributed by atoms with Crippen LogP contribution < -0.4 is 4.74 Å². The van der Waals surface area contributed by atoms with E-state index in [1.807, 2.05) is 89.7 Å². The third-order valence-corrected chi connectivity index (χ3v) is 4.73. The monoisotopic (exact) mass is 432 g/mol. The SMILES string of the molecule is COc1ccc(C(OI)(c2ccccc2)c2ccc(O)cc2)cc1. The van der Waals surface area contributed by atoms with Gasteiger partial charge in [-0.25, -0.2) is 0 Å². The van der Waals surface area contributed by atoms with Gasteiger partial charge < -0.3 is 9.84 Å². The van der Waals surface area contributed by atoms with Crippen molar-refractivity contribution in [2.75, 3.05) is 7.11 Å². The second-order valence-corrected chi connectivity index (χ2v) is 5.84. The predicted molar refractivity (Wildman–Crippen MR) is 103 cm³/mol. The molecule has 0 radical (unpaired) electrons. The fourth-order valence-electron chi connectivity index (χ4n) is 2.83. The highest BCUT2D eigenvalue weighted by molar-refractivity contribution is 14.1. The molecule has 122 valence electrons. The van der Waals surface area contributed by atoms with Gasteiger partial charge in [0.05, 0.1) is 7.11 Å². The summed E-state index contributed by atoms with van der Waals surface area (Å²) in [6.45, 7) is 0. The molecule has 1 atom stereocenters. The number of halogens is 1. The van der Waals surface area contributed by atoms with Crippen LogP contribution in [-0.2, 0) is 8.67 Å². The molecule has 3 rings (SSSR count). The van der Waals surface area contributed by atoms with Gasteiger partial charge in [-0.3, -0.25) is 3.07 Å². The van der Waals surface area contributed by atoms with Gasteiger partial charge in [-0.15, -0.1) is 0 Å².